The van der Waals surface area contributed by atoms with Crippen molar-refractivity contribution in [1.29, 1.82) is 0 Å². The molecule has 2 N–H and O–H groups in total. The van der Waals surface area contributed by atoms with Gasteiger partial charge in [0.2, 0.25) is 5.78 Å². The number of pyridine rings is 1. The van der Waals surface area contributed by atoms with Crippen LogP contribution in [0.1, 0.15) is 15.2 Å². The Morgan fingerprint density at radius 1 is 1.00 bits per heavy atom. The molecular formula is C18H12N2OS. The number of carbonyl (C=O) groups excluding carboxylic acids is 1. The Bertz CT molecular complexity index is 1010. The van der Waals surface area contributed by atoms with Crippen molar-refractivity contribution in [3.8, 4) is 0 Å². The average molecular weight is 304 g/mol. The van der Waals surface area contributed by atoms with E-state index in [1.165, 1.54) is 11.3 Å². The van der Waals surface area contributed by atoms with Gasteiger partial charge in [-0.05, 0) is 12.1 Å². The van der Waals surface area contributed by atoms with Crippen molar-refractivity contribution in [1.82, 2.24) is 4.98 Å². The lowest BCUT2D eigenvalue weighted by atomic mass is 10.1. The normalized spacial score (nSPS) is 11.1. The van der Waals surface area contributed by atoms with Gasteiger partial charge in [0.25, 0.3) is 0 Å². The van der Waals surface area contributed by atoms with Crippen molar-refractivity contribution < 1.29 is 4.79 Å². The van der Waals surface area contributed by atoms with Crippen LogP contribution in [0.4, 0.5) is 5.69 Å². The Morgan fingerprint density at radius 2 is 1.73 bits per heavy atom. The summed E-state index contributed by atoms with van der Waals surface area (Å²) < 4.78 is 0. The second-order valence-electron chi connectivity index (χ2n) is 5.07. The number of anilines is 1. The minimum absolute atomic E-state index is 0.0508. The lowest BCUT2D eigenvalue weighted by Crippen LogP contribution is -2.01. The molecule has 0 atom stereocenters. The largest absolute Gasteiger partial charge is 0.397 e. The van der Waals surface area contributed by atoms with Gasteiger partial charge in [0.05, 0.1) is 11.2 Å². The molecule has 3 nitrogen and oxygen atoms in total. The molecule has 0 radical (unpaired) electrons. The van der Waals surface area contributed by atoms with E-state index in [0.717, 1.165) is 21.1 Å². The Labute approximate surface area is 131 Å². The molecule has 2 aromatic carbocycles. The Hall–Kier alpha value is -2.72. The summed E-state index contributed by atoms with van der Waals surface area (Å²) in [5, 5.41) is 1.88. The van der Waals surface area contributed by atoms with Crippen LogP contribution < -0.4 is 5.73 Å². The fraction of sp³-hybridized carbons (Fsp3) is 0. The second kappa shape index (κ2) is 4.93. The first-order valence-electron chi connectivity index (χ1n) is 6.91. The van der Waals surface area contributed by atoms with E-state index in [2.05, 4.69) is 4.98 Å². The average Bonchev–Trinajstić information content (AvgIpc) is 2.89. The highest BCUT2D eigenvalue weighted by Crippen LogP contribution is 2.35. The van der Waals surface area contributed by atoms with Crippen molar-refractivity contribution in [3.05, 3.63) is 71.1 Å². The van der Waals surface area contributed by atoms with Crippen molar-refractivity contribution >= 4 is 43.9 Å². The number of carbonyl (C=O) groups is 1. The summed E-state index contributed by atoms with van der Waals surface area (Å²) >= 11 is 1.36. The van der Waals surface area contributed by atoms with Crippen molar-refractivity contribution in [2.75, 3.05) is 5.73 Å². The summed E-state index contributed by atoms with van der Waals surface area (Å²) in [5.74, 6) is -0.0508. The number of hydrogen-bond acceptors (Lipinski definition) is 4. The minimum atomic E-state index is -0.0508. The number of para-hydroxylation sites is 1. The standard InChI is InChI=1S/C18H12N2OS/c19-15-13-10-12-8-4-5-9-14(12)20-18(13)22-17(15)16(21)11-6-2-1-3-7-11/h1-10H,19H2. The van der Waals surface area contributed by atoms with Crippen molar-refractivity contribution in [3.63, 3.8) is 0 Å². The van der Waals surface area contributed by atoms with E-state index < -0.39 is 0 Å². The van der Waals surface area contributed by atoms with Crippen LogP contribution in [-0.2, 0) is 0 Å². The number of benzene rings is 2. The topological polar surface area (TPSA) is 56.0 Å². The van der Waals surface area contributed by atoms with E-state index in [-0.39, 0.29) is 5.78 Å². The molecule has 4 aromatic rings. The molecule has 0 amide bonds. The van der Waals surface area contributed by atoms with Gasteiger partial charge in [-0.1, -0.05) is 48.5 Å². The number of nitrogens with two attached hydrogens (primary N) is 1. The van der Waals surface area contributed by atoms with Crippen LogP contribution in [0.15, 0.2) is 60.7 Å². The van der Waals surface area contributed by atoms with E-state index in [1.54, 1.807) is 12.1 Å². The fourth-order valence-electron chi connectivity index (χ4n) is 2.53. The highest BCUT2D eigenvalue weighted by atomic mass is 32.1. The monoisotopic (exact) mass is 304 g/mol. The van der Waals surface area contributed by atoms with Crippen LogP contribution in [-0.4, -0.2) is 10.8 Å². The predicted molar refractivity (Wildman–Crippen MR) is 91.4 cm³/mol. The van der Waals surface area contributed by atoms with Crippen molar-refractivity contribution in [2.45, 2.75) is 0 Å². The number of hydrogen-bond donors (Lipinski definition) is 1. The number of nitrogens with zero attached hydrogens (tertiary/aromatic N) is 1. The van der Waals surface area contributed by atoms with Crippen LogP contribution in [0.5, 0.6) is 0 Å². The van der Waals surface area contributed by atoms with Gasteiger partial charge in [-0.25, -0.2) is 4.98 Å². The zero-order valence-corrected chi connectivity index (χ0v) is 12.4. The van der Waals surface area contributed by atoms with Gasteiger partial charge in [0.15, 0.2) is 0 Å². The number of aromatic nitrogens is 1. The lowest BCUT2D eigenvalue weighted by molar-refractivity contribution is 0.104. The first-order chi connectivity index (χ1) is 10.7. The van der Waals surface area contributed by atoms with Crippen LogP contribution in [0, 0.1) is 0 Å². The van der Waals surface area contributed by atoms with Crippen LogP contribution >= 0.6 is 11.3 Å². The van der Waals surface area contributed by atoms with E-state index in [4.69, 9.17) is 5.73 Å². The van der Waals surface area contributed by atoms with Gasteiger partial charge >= 0.3 is 0 Å². The predicted octanol–water partition coefficient (Wildman–Crippen LogP) is 4.26. The van der Waals surface area contributed by atoms with Gasteiger partial charge in [-0.2, -0.15) is 0 Å². The number of rotatable bonds is 2. The summed E-state index contributed by atoms with van der Waals surface area (Å²) in [5.41, 5.74) is 8.29. The van der Waals surface area contributed by atoms with Crippen LogP contribution in [0.25, 0.3) is 21.1 Å². The summed E-state index contributed by atoms with van der Waals surface area (Å²) in [6.45, 7) is 0. The molecule has 0 fully saturated rings. The molecule has 0 spiro atoms. The highest BCUT2D eigenvalue weighted by molar-refractivity contribution is 7.21. The van der Waals surface area contributed by atoms with Crippen molar-refractivity contribution in [2.24, 2.45) is 0 Å². The smallest absolute Gasteiger partial charge is 0.205 e. The SMILES string of the molecule is Nc1c(C(=O)c2ccccc2)sc2nc3ccccc3cc12. The summed E-state index contributed by atoms with van der Waals surface area (Å²) in [6, 6.07) is 19.1. The number of fused-ring (bicyclic) bond motifs is 2. The molecule has 0 aliphatic heterocycles. The molecular weight excluding hydrogens is 292 g/mol. The molecule has 4 heteroatoms. The third kappa shape index (κ3) is 1.96. The first kappa shape index (κ1) is 13.0. The Kier molecular flexibility index (Phi) is 2.91. The van der Waals surface area contributed by atoms with Gasteiger partial charge in [-0.15, -0.1) is 11.3 Å². The molecule has 0 saturated carbocycles. The maximum atomic E-state index is 12.6. The van der Waals surface area contributed by atoms with E-state index in [1.807, 2.05) is 48.5 Å². The molecule has 2 aromatic heterocycles. The quantitative estimate of drug-likeness (QED) is 0.563. The molecule has 2 heterocycles. The van der Waals surface area contributed by atoms with E-state index >= 15 is 0 Å². The maximum absolute atomic E-state index is 12.6. The molecule has 4 rings (SSSR count). The summed E-state index contributed by atoms with van der Waals surface area (Å²) in [4.78, 5) is 18.6. The zero-order chi connectivity index (χ0) is 15.1. The fourth-order valence-corrected chi connectivity index (χ4v) is 3.58. The highest BCUT2D eigenvalue weighted by Gasteiger charge is 2.18. The summed E-state index contributed by atoms with van der Waals surface area (Å²) in [6.07, 6.45) is 0. The molecule has 0 aliphatic carbocycles. The molecule has 106 valence electrons. The van der Waals surface area contributed by atoms with Gasteiger partial charge in [0.1, 0.15) is 9.71 Å². The lowest BCUT2D eigenvalue weighted by Gasteiger charge is -1.99. The van der Waals surface area contributed by atoms with Crippen LogP contribution in [0.2, 0.25) is 0 Å². The van der Waals surface area contributed by atoms with E-state index in [0.29, 0.717) is 16.1 Å². The molecule has 0 saturated heterocycles. The van der Waals surface area contributed by atoms with E-state index in [9.17, 15) is 4.79 Å². The van der Waals surface area contributed by atoms with Gasteiger partial charge in [0, 0.05) is 16.3 Å². The molecule has 0 aliphatic rings. The molecule has 22 heavy (non-hydrogen) atoms. The number of thiophene rings is 1. The van der Waals surface area contributed by atoms with Gasteiger partial charge < -0.3 is 5.73 Å². The minimum Gasteiger partial charge on any atom is -0.397 e. The first-order valence-corrected chi connectivity index (χ1v) is 7.73. The maximum Gasteiger partial charge on any atom is 0.205 e. The molecule has 0 bridgehead atoms. The number of nitrogen functional groups attached to an aromatic ring is 1. The Morgan fingerprint density at radius 3 is 2.55 bits per heavy atom. The summed E-state index contributed by atoms with van der Waals surface area (Å²) in [7, 11) is 0. The second-order valence-corrected chi connectivity index (χ2v) is 6.07. The Balaban J connectivity index is 1.94. The third-order valence-corrected chi connectivity index (χ3v) is 4.78. The third-order valence-electron chi connectivity index (χ3n) is 3.66. The molecule has 0 unspecified atom stereocenters. The van der Waals surface area contributed by atoms with Gasteiger partial charge in [-0.3, -0.25) is 4.79 Å². The number of ketones is 1. The van der Waals surface area contributed by atoms with Crippen LogP contribution in [0.3, 0.4) is 0 Å². The zero-order valence-electron chi connectivity index (χ0n) is 11.6.